The van der Waals surface area contributed by atoms with E-state index in [1.807, 2.05) is 13.0 Å². The Morgan fingerprint density at radius 2 is 1.77 bits per heavy atom. The maximum atomic E-state index is 11.7. The highest BCUT2D eigenvalue weighted by Crippen LogP contribution is 2.48. The zero-order valence-corrected chi connectivity index (χ0v) is 19.4. The highest BCUT2D eigenvalue weighted by molar-refractivity contribution is 7.48. The van der Waals surface area contributed by atoms with Crippen LogP contribution in [0.5, 0.6) is 5.75 Å². The molecule has 0 aliphatic carbocycles. The van der Waals surface area contributed by atoms with Gasteiger partial charge in [-0.2, -0.15) is 0 Å². The van der Waals surface area contributed by atoms with E-state index in [-0.39, 0.29) is 5.16 Å². The zero-order chi connectivity index (χ0) is 21.6. The second-order valence-corrected chi connectivity index (χ2v) is 10.0. The van der Waals surface area contributed by atoms with Gasteiger partial charge >= 0.3 is 0 Å². The molecule has 3 aromatic rings. The first-order valence-electron chi connectivity index (χ1n) is 10.5. The minimum absolute atomic E-state index is 0.0974. The Bertz CT molecular complexity index is 997. The van der Waals surface area contributed by atoms with E-state index in [2.05, 4.69) is 74.5 Å². The average Bonchev–Trinajstić information content (AvgIpc) is 2.76. The molecule has 0 aromatic heterocycles. The Hall–Kier alpha value is -2.44. The number of aldehydes is 1. The van der Waals surface area contributed by atoms with Crippen molar-refractivity contribution in [3.8, 4) is 5.75 Å². The third kappa shape index (κ3) is 5.18. The predicted molar refractivity (Wildman–Crippen MR) is 129 cm³/mol. The molecule has 0 spiro atoms. The van der Waals surface area contributed by atoms with Crippen molar-refractivity contribution in [2.45, 2.75) is 45.2 Å². The third-order valence-electron chi connectivity index (χ3n) is 5.60. The van der Waals surface area contributed by atoms with Gasteiger partial charge in [0.2, 0.25) is 0 Å². The maximum absolute atomic E-state index is 11.7. The molecule has 0 amide bonds. The first kappa shape index (κ1) is 22.2. The fraction of sp³-hybridized carbons (Fsp3) is 0.296. The van der Waals surface area contributed by atoms with E-state index in [4.69, 9.17) is 4.74 Å². The van der Waals surface area contributed by atoms with Crippen LogP contribution in [0.25, 0.3) is 0 Å². The zero-order valence-electron chi connectivity index (χ0n) is 18.4. The minimum atomic E-state index is -0.0974. The van der Waals surface area contributed by atoms with Gasteiger partial charge in [0.1, 0.15) is 5.75 Å². The summed E-state index contributed by atoms with van der Waals surface area (Å²) in [4.78, 5) is 11.7. The fourth-order valence-corrected chi connectivity index (χ4v) is 5.82. The first-order chi connectivity index (χ1) is 14.5. The topological polar surface area (TPSA) is 26.3 Å². The molecule has 0 fully saturated rings. The summed E-state index contributed by atoms with van der Waals surface area (Å²) in [6, 6.07) is 23.3. The molecule has 3 rings (SSSR count). The van der Waals surface area contributed by atoms with Crippen molar-refractivity contribution >= 4 is 20.2 Å². The number of aryl methyl sites for hydroxylation is 1. The van der Waals surface area contributed by atoms with E-state index in [0.717, 1.165) is 47.7 Å². The van der Waals surface area contributed by atoms with E-state index in [1.54, 1.807) is 7.11 Å². The standard InChI is InChI=1S/C27H31O2P/c1-5-15-27(3,30-26-14-11-20(2)16-23(26)19-28)24-18-22(12-13-25(24)29-4)17-21-9-7-6-8-10-21/h6-14,16,18-19,30H,5,15,17H2,1-4H3. The lowest BCUT2D eigenvalue weighted by Gasteiger charge is -2.32. The van der Waals surface area contributed by atoms with Crippen LogP contribution in [0.1, 0.15) is 59.3 Å². The maximum Gasteiger partial charge on any atom is 0.150 e. The van der Waals surface area contributed by atoms with Gasteiger partial charge in [-0.15, -0.1) is 0 Å². The van der Waals surface area contributed by atoms with Gasteiger partial charge in [-0.3, -0.25) is 4.79 Å². The summed E-state index contributed by atoms with van der Waals surface area (Å²) in [5.41, 5.74) is 5.73. The SMILES string of the molecule is CCCC(C)(Pc1ccc(C)cc1C=O)c1cc(Cc2ccccc2)ccc1OC. The van der Waals surface area contributed by atoms with Crippen LogP contribution in [-0.4, -0.2) is 13.4 Å². The second kappa shape index (κ2) is 10.0. The van der Waals surface area contributed by atoms with E-state index < -0.39 is 0 Å². The van der Waals surface area contributed by atoms with Crippen molar-refractivity contribution in [1.29, 1.82) is 0 Å². The van der Waals surface area contributed by atoms with E-state index in [9.17, 15) is 4.79 Å². The molecule has 2 atom stereocenters. The molecule has 3 heteroatoms. The van der Waals surface area contributed by atoms with Crippen LogP contribution >= 0.6 is 8.58 Å². The summed E-state index contributed by atoms with van der Waals surface area (Å²) in [6.45, 7) is 6.56. The molecule has 0 saturated carbocycles. The quantitative estimate of drug-likeness (QED) is 0.296. The molecule has 0 bridgehead atoms. The van der Waals surface area contributed by atoms with Gasteiger partial charge in [0, 0.05) is 16.3 Å². The third-order valence-corrected chi connectivity index (χ3v) is 7.40. The number of carbonyl (C=O) groups excluding carboxylic acids is 1. The van der Waals surface area contributed by atoms with Crippen LogP contribution in [0.2, 0.25) is 0 Å². The largest absolute Gasteiger partial charge is 0.496 e. The summed E-state index contributed by atoms with van der Waals surface area (Å²) in [5.74, 6) is 0.926. The molecule has 2 unspecified atom stereocenters. The monoisotopic (exact) mass is 418 g/mol. The summed E-state index contributed by atoms with van der Waals surface area (Å²) < 4.78 is 5.79. The van der Waals surface area contributed by atoms with Gasteiger partial charge in [0.15, 0.2) is 6.29 Å². The number of ether oxygens (including phenoxy) is 1. The summed E-state index contributed by atoms with van der Waals surface area (Å²) >= 11 is 0. The van der Waals surface area contributed by atoms with Crippen LogP contribution in [0.4, 0.5) is 0 Å². The van der Waals surface area contributed by atoms with E-state index in [0.29, 0.717) is 8.58 Å². The number of methoxy groups -OCH3 is 1. The van der Waals surface area contributed by atoms with Gasteiger partial charge in [-0.05, 0) is 48.3 Å². The van der Waals surface area contributed by atoms with Crippen LogP contribution < -0.4 is 10.0 Å². The number of carbonyl (C=O) groups is 1. The first-order valence-corrected chi connectivity index (χ1v) is 11.5. The highest BCUT2D eigenvalue weighted by atomic mass is 31.1. The Kier molecular flexibility index (Phi) is 7.45. The molecule has 0 aliphatic rings. The van der Waals surface area contributed by atoms with Gasteiger partial charge in [0.05, 0.1) is 7.11 Å². The number of hydrogen-bond acceptors (Lipinski definition) is 2. The molecule has 156 valence electrons. The van der Waals surface area contributed by atoms with Crippen LogP contribution in [0.3, 0.4) is 0 Å². The van der Waals surface area contributed by atoms with Gasteiger partial charge in [-0.1, -0.05) is 89.0 Å². The average molecular weight is 419 g/mol. The molecular formula is C27H31O2P. The highest BCUT2D eigenvalue weighted by Gasteiger charge is 2.30. The van der Waals surface area contributed by atoms with Crippen LogP contribution in [0.15, 0.2) is 66.7 Å². The van der Waals surface area contributed by atoms with Crippen LogP contribution in [0, 0.1) is 6.92 Å². The van der Waals surface area contributed by atoms with Crippen molar-refractivity contribution in [3.05, 3.63) is 94.5 Å². The fourth-order valence-electron chi connectivity index (χ4n) is 4.08. The molecular weight excluding hydrogens is 387 g/mol. The van der Waals surface area contributed by atoms with Crippen molar-refractivity contribution in [1.82, 2.24) is 0 Å². The lowest BCUT2D eigenvalue weighted by molar-refractivity contribution is 0.112. The van der Waals surface area contributed by atoms with E-state index >= 15 is 0 Å². The van der Waals surface area contributed by atoms with Gasteiger partial charge in [0.25, 0.3) is 0 Å². The van der Waals surface area contributed by atoms with Crippen molar-refractivity contribution in [2.24, 2.45) is 0 Å². The molecule has 0 heterocycles. The number of hydrogen-bond donors (Lipinski definition) is 0. The molecule has 0 saturated heterocycles. The van der Waals surface area contributed by atoms with Crippen molar-refractivity contribution in [3.63, 3.8) is 0 Å². The van der Waals surface area contributed by atoms with E-state index in [1.165, 1.54) is 16.7 Å². The molecule has 2 nitrogen and oxygen atoms in total. The minimum Gasteiger partial charge on any atom is -0.496 e. The molecule has 3 aromatic carbocycles. The van der Waals surface area contributed by atoms with Gasteiger partial charge in [-0.25, -0.2) is 0 Å². The molecule has 30 heavy (non-hydrogen) atoms. The van der Waals surface area contributed by atoms with Crippen LogP contribution in [-0.2, 0) is 11.6 Å². The van der Waals surface area contributed by atoms with Crippen molar-refractivity contribution < 1.29 is 9.53 Å². The Morgan fingerprint density at radius 3 is 2.43 bits per heavy atom. The lowest BCUT2D eigenvalue weighted by atomic mass is 9.91. The number of rotatable bonds is 9. The molecule has 0 radical (unpaired) electrons. The van der Waals surface area contributed by atoms with Crippen molar-refractivity contribution in [2.75, 3.05) is 7.11 Å². The number of benzene rings is 3. The molecule has 0 aliphatic heterocycles. The Morgan fingerprint density at radius 1 is 1.00 bits per heavy atom. The molecule has 0 N–H and O–H groups in total. The lowest BCUT2D eigenvalue weighted by Crippen LogP contribution is -2.22. The normalized spacial score (nSPS) is 13.3. The smallest absolute Gasteiger partial charge is 0.150 e. The summed E-state index contributed by atoms with van der Waals surface area (Å²) in [6.07, 6.45) is 3.98. The predicted octanol–water partition coefficient (Wildman–Crippen LogP) is 6.43. The summed E-state index contributed by atoms with van der Waals surface area (Å²) in [7, 11) is 2.23. The Labute approximate surface area is 182 Å². The Balaban J connectivity index is 2.03. The van der Waals surface area contributed by atoms with Gasteiger partial charge < -0.3 is 4.74 Å². The second-order valence-electron chi connectivity index (χ2n) is 8.11. The summed E-state index contributed by atoms with van der Waals surface area (Å²) in [5, 5.41) is 1.03.